The van der Waals surface area contributed by atoms with Crippen molar-refractivity contribution >= 4 is 17.3 Å². The smallest absolute Gasteiger partial charge is 0.272 e. The molecule has 7 heteroatoms. The molecule has 0 atom stereocenters. The molecule has 6 nitrogen and oxygen atoms in total. The highest BCUT2D eigenvalue weighted by molar-refractivity contribution is 6.04. The van der Waals surface area contributed by atoms with Gasteiger partial charge in [0.15, 0.2) is 0 Å². The molecular weight excluding hydrogens is 279 g/mol. The average molecular weight is 290 g/mol. The van der Waals surface area contributed by atoms with E-state index in [4.69, 9.17) is 0 Å². The number of non-ortho nitro benzene ring substituents is 1. The van der Waals surface area contributed by atoms with E-state index >= 15 is 0 Å². The lowest BCUT2D eigenvalue weighted by molar-refractivity contribution is -0.385. The number of nitro benzene ring substituents is 1. The van der Waals surface area contributed by atoms with Gasteiger partial charge in [0, 0.05) is 11.8 Å². The lowest BCUT2D eigenvalue weighted by atomic mass is 10.1. The van der Waals surface area contributed by atoms with Crippen LogP contribution in [0.3, 0.4) is 0 Å². The summed E-state index contributed by atoms with van der Waals surface area (Å²) >= 11 is 0. The predicted octanol–water partition coefficient (Wildman–Crippen LogP) is 3.00. The highest BCUT2D eigenvalue weighted by Crippen LogP contribution is 2.22. The second-order valence-electron chi connectivity index (χ2n) is 4.38. The van der Waals surface area contributed by atoms with Crippen LogP contribution >= 0.6 is 0 Å². The predicted molar refractivity (Wildman–Crippen MR) is 73.9 cm³/mol. The Kier molecular flexibility index (Phi) is 3.84. The van der Waals surface area contributed by atoms with Crippen LogP contribution in [0.5, 0.6) is 5.75 Å². The maximum Gasteiger partial charge on any atom is 0.272 e. The van der Waals surface area contributed by atoms with Crippen molar-refractivity contribution in [3.05, 3.63) is 63.5 Å². The van der Waals surface area contributed by atoms with Crippen LogP contribution in [0.1, 0.15) is 15.9 Å². The molecular formula is C14H11FN2O4. The first-order valence-electron chi connectivity index (χ1n) is 5.93. The van der Waals surface area contributed by atoms with Gasteiger partial charge in [-0.1, -0.05) is 0 Å². The lowest BCUT2D eigenvalue weighted by Gasteiger charge is -2.07. The molecule has 0 saturated carbocycles. The summed E-state index contributed by atoms with van der Waals surface area (Å²) in [5.41, 5.74) is 0.209. The van der Waals surface area contributed by atoms with Gasteiger partial charge in [-0.25, -0.2) is 4.39 Å². The van der Waals surface area contributed by atoms with E-state index in [1.54, 1.807) is 6.92 Å². The molecule has 0 aromatic heterocycles. The van der Waals surface area contributed by atoms with E-state index in [2.05, 4.69) is 5.32 Å². The number of halogens is 1. The topological polar surface area (TPSA) is 92.5 Å². The molecule has 0 aliphatic rings. The molecule has 0 heterocycles. The minimum atomic E-state index is -0.975. The molecule has 0 saturated heterocycles. The van der Waals surface area contributed by atoms with Crippen molar-refractivity contribution in [3.8, 4) is 5.75 Å². The SMILES string of the molecule is Cc1cc(NC(=O)c2ccc([N+](=O)[O-])cc2F)ccc1O. The third-order valence-corrected chi connectivity index (χ3v) is 2.86. The van der Waals surface area contributed by atoms with E-state index in [1.807, 2.05) is 0 Å². The molecule has 0 unspecified atom stereocenters. The van der Waals surface area contributed by atoms with Gasteiger partial charge >= 0.3 is 0 Å². The third-order valence-electron chi connectivity index (χ3n) is 2.86. The van der Waals surface area contributed by atoms with Gasteiger partial charge in [-0.3, -0.25) is 14.9 Å². The fraction of sp³-hybridized carbons (Fsp3) is 0.0714. The fourth-order valence-corrected chi connectivity index (χ4v) is 1.73. The van der Waals surface area contributed by atoms with Gasteiger partial charge in [-0.2, -0.15) is 0 Å². The summed E-state index contributed by atoms with van der Waals surface area (Å²) in [4.78, 5) is 21.7. The largest absolute Gasteiger partial charge is 0.508 e. The van der Waals surface area contributed by atoms with E-state index in [1.165, 1.54) is 18.2 Å². The van der Waals surface area contributed by atoms with Crippen molar-refractivity contribution in [2.75, 3.05) is 5.32 Å². The number of hydrogen-bond acceptors (Lipinski definition) is 4. The Morgan fingerprint density at radius 2 is 2.00 bits per heavy atom. The van der Waals surface area contributed by atoms with Crippen LogP contribution in [0.25, 0.3) is 0 Å². The Balaban J connectivity index is 2.24. The quantitative estimate of drug-likeness (QED) is 0.516. The molecule has 21 heavy (non-hydrogen) atoms. The van der Waals surface area contributed by atoms with E-state index in [0.29, 0.717) is 17.3 Å². The van der Waals surface area contributed by atoms with Gasteiger partial charge in [-0.05, 0) is 36.8 Å². The number of amides is 1. The van der Waals surface area contributed by atoms with E-state index in [9.17, 15) is 24.4 Å². The number of carbonyl (C=O) groups is 1. The van der Waals surface area contributed by atoms with Crippen LogP contribution in [0.4, 0.5) is 15.8 Å². The Hall–Kier alpha value is -2.96. The lowest BCUT2D eigenvalue weighted by Crippen LogP contribution is -2.14. The highest BCUT2D eigenvalue weighted by atomic mass is 19.1. The van der Waals surface area contributed by atoms with Crippen LogP contribution in [-0.2, 0) is 0 Å². The van der Waals surface area contributed by atoms with E-state index in [-0.39, 0.29) is 11.3 Å². The number of anilines is 1. The second-order valence-corrected chi connectivity index (χ2v) is 4.38. The van der Waals surface area contributed by atoms with Gasteiger partial charge in [0.2, 0.25) is 0 Å². The monoisotopic (exact) mass is 290 g/mol. The number of aromatic hydroxyl groups is 1. The second kappa shape index (κ2) is 5.58. The summed E-state index contributed by atoms with van der Waals surface area (Å²) in [5, 5.41) is 22.4. The third kappa shape index (κ3) is 3.14. The number of phenolic OH excluding ortho intramolecular Hbond substituents is 1. The summed E-state index contributed by atoms with van der Waals surface area (Å²) in [5.74, 6) is -1.63. The van der Waals surface area contributed by atoms with Crippen molar-refractivity contribution in [1.29, 1.82) is 0 Å². The molecule has 2 N–H and O–H groups in total. The van der Waals surface area contributed by atoms with Gasteiger partial charge in [0.05, 0.1) is 16.6 Å². The Labute approximate surface area is 119 Å². The molecule has 0 radical (unpaired) electrons. The highest BCUT2D eigenvalue weighted by Gasteiger charge is 2.16. The molecule has 0 aliphatic heterocycles. The van der Waals surface area contributed by atoms with Crippen LogP contribution in [-0.4, -0.2) is 15.9 Å². The first-order chi connectivity index (χ1) is 9.88. The van der Waals surface area contributed by atoms with E-state index < -0.39 is 22.3 Å². The van der Waals surface area contributed by atoms with E-state index in [0.717, 1.165) is 12.1 Å². The van der Waals surface area contributed by atoms with Crippen molar-refractivity contribution in [2.24, 2.45) is 0 Å². The molecule has 2 aromatic carbocycles. The van der Waals surface area contributed by atoms with Gasteiger partial charge < -0.3 is 10.4 Å². The number of nitro groups is 1. The van der Waals surface area contributed by atoms with Crippen LogP contribution < -0.4 is 5.32 Å². The number of phenols is 1. The standard InChI is InChI=1S/C14H11FN2O4/c1-8-6-9(2-5-13(8)18)16-14(19)11-4-3-10(17(20)21)7-12(11)15/h2-7,18H,1H3,(H,16,19). The molecule has 2 aromatic rings. The van der Waals surface area contributed by atoms with Crippen LogP contribution in [0, 0.1) is 22.9 Å². The molecule has 2 rings (SSSR count). The van der Waals surface area contributed by atoms with Crippen LogP contribution in [0.15, 0.2) is 36.4 Å². The Morgan fingerprint density at radius 1 is 1.29 bits per heavy atom. The van der Waals surface area contributed by atoms with Gasteiger partial charge in [0.1, 0.15) is 11.6 Å². The first kappa shape index (κ1) is 14.4. The zero-order valence-electron chi connectivity index (χ0n) is 11.0. The summed E-state index contributed by atoms with van der Waals surface area (Å²) in [7, 11) is 0. The average Bonchev–Trinajstić information content (AvgIpc) is 2.42. The Morgan fingerprint density at radius 3 is 2.57 bits per heavy atom. The molecule has 0 bridgehead atoms. The number of benzene rings is 2. The van der Waals surface area contributed by atoms with Gasteiger partial charge in [-0.15, -0.1) is 0 Å². The maximum absolute atomic E-state index is 13.7. The van der Waals surface area contributed by atoms with Crippen molar-refractivity contribution in [2.45, 2.75) is 6.92 Å². The molecule has 0 aliphatic carbocycles. The molecule has 108 valence electrons. The number of carbonyl (C=O) groups excluding carboxylic acids is 1. The van der Waals surface area contributed by atoms with Crippen LogP contribution in [0.2, 0.25) is 0 Å². The van der Waals surface area contributed by atoms with Crippen molar-refractivity contribution < 1.29 is 19.2 Å². The fourth-order valence-electron chi connectivity index (χ4n) is 1.73. The zero-order valence-corrected chi connectivity index (χ0v) is 11.0. The number of nitrogens with one attached hydrogen (secondary N) is 1. The maximum atomic E-state index is 13.7. The minimum absolute atomic E-state index is 0.0783. The first-order valence-corrected chi connectivity index (χ1v) is 5.93. The number of hydrogen-bond donors (Lipinski definition) is 2. The number of aryl methyl sites for hydroxylation is 1. The van der Waals surface area contributed by atoms with Crippen molar-refractivity contribution in [1.82, 2.24) is 0 Å². The normalized spacial score (nSPS) is 10.2. The summed E-state index contributed by atoms with van der Waals surface area (Å²) < 4.78 is 13.7. The number of nitrogens with zero attached hydrogens (tertiary/aromatic N) is 1. The Bertz CT molecular complexity index is 731. The zero-order chi connectivity index (χ0) is 15.6. The molecule has 0 fully saturated rings. The summed E-state index contributed by atoms with van der Waals surface area (Å²) in [6.07, 6.45) is 0. The summed E-state index contributed by atoms with van der Waals surface area (Å²) in [6.45, 7) is 1.65. The minimum Gasteiger partial charge on any atom is -0.508 e. The number of rotatable bonds is 3. The molecule has 1 amide bonds. The van der Waals surface area contributed by atoms with Gasteiger partial charge in [0.25, 0.3) is 11.6 Å². The summed E-state index contributed by atoms with van der Waals surface area (Å²) in [6, 6.07) is 7.18. The molecule has 0 spiro atoms. The van der Waals surface area contributed by atoms with Crippen molar-refractivity contribution in [3.63, 3.8) is 0 Å².